The predicted molar refractivity (Wildman–Crippen MR) is 90.2 cm³/mol. The molecule has 2 bridgehead atoms. The standard InChI is InChI=1S/C19H31NO2/c1-4-6-10-14(3)20-18(21)16-12-8-7-11-15(13-16)17(9-5-2)19(20)22/h7-8,12,14-15,17,19,22H,4-6,9-11,13H2,1-3H3. The molecule has 0 spiro atoms. The maximum Gasteiger partial charge on any atom is 0.252 e. The van der Waals surface area contributed by atoms with Crippen molar-refractivity contribution in [1.82, 2.24) is 4.90 Å². The molecule has 2 rings (SSSR count). The van der Waals surface area contributed by atoms with E-state index in [2.05, 4.69) is 26.8 Å². The van der Waals surface area contributed by atoms with Crippen LogP contribution in [-0.2, 0) is 4.79 Å². The van der Waals surface area contributed by atoms with Gasteiger partial charge in [0.2, 0.25) is 0 Å². The van der Waals surface area contributed by atoms with Crippen LogP contribution in [0.4, 0.5) is 0 Å². The molecule has 1 N–H and O–H groups in total. The lowest BCUT2D eigenvalue weighted by Gasteiger charge is -2.37. The molecule has 0 aromatic heterocycles. The van der Waals surface area contributed by atoms with Gasteiger partial charge in [-0.05, 0) is 38.5 Å². The quantitative estimate of drug-likeness (QED) is 0.804. The van der Waals surface area contributed by atoms with Crippen molar-refractivity contribution in [2.24, 2.45) is 11.8 Å². The molecule has 22 heavy (non-hydrogen) atoms. The minimum Gasteiger partial charge on any atom is -0.373 e. The third kappa shape index (κ3) is 3.62. The van der Waals surface area contributed by atoms with Crippen LogP contribution in [0.1, 0.15) is 65.7 Å². The first-order valence-electron chi connectivity index (χ1n) is 8.96. The average molecular weight is 305 g/mol. The van der Waals surface area contributed by atoms with E-state index in [1.54, 1.807) is 4.90 Å². The predicted octanol–water partition coefficient (Wildman–Crippen LogP) is 4.03. The Morgan fingerprint density at radius 3 is 2.82 bits per heavy atom. The number of likely N-dealkylation sites (tertiary alicyclic amines) is 1. The average Bonchev–Trinajstić information content (AvgIpc) is 2.80. The Bertz CT molecular complexity index is 441. The summed E-state index contributed by atoms with van der Waals surface area (Å²) in [6, 6.07) is 0.104. The Labute approximate surface area is 135 Å². The van der Waals surface area contributed by atoms with Crippen molar-refractivity contribution < 1.29 is 9.90 Å². The fourth-order valence-corrected chi connectivity index (χ4v) is 3.91. The summed E-state index contributed by atoms with van der Waals surface area (Å²) in [5.74, 6) is 0.616. The number of amides is 1. The number of unbranched alkanes of at least 4 members (excludes halogenated alkanes) is 1. The molecule has 0 radical (unpaired) electrons. The smallest absolute Gasteiger partial charge is 0.252 e. The zero-order valence-corrected chi connectivity index (χ0v) is 14.3. The summed E-state index contributed by atoms with van der Waals surface area (Å²) in [7, 11) is 0. The summed E-state index contributed by atoms with van der Waals surface area (Å²) in [5, 5.41) is 11.0. The number of aliphatic hydroxyl groups excluding tert-OH is 1. The number of hydrogen-bond donors (Lipinski definition) is 1. The van der Waals surface area contributed by atoms with Crippen molar-refractivity contribution in [2.45, 2.75) is 78.0 Å². The lowest BCUT2D eigenvalue weighted by molar-refractivity contribution is -0.145. The molecule has 3 nitrogen and oxygen atoms in total. The molecule has 4 unspecified atom stereocenters. The van der Waals surface area contributed by atoms with Gasteiger partial charge in [0.05, 0.1) is 0 Å². The molecule has 1 aliphatic carbocycles. The lowest BCUT2D eigenvalue weighted by Crippen LogP contribution is -2.49. The van der Waals surface area contributed by atoms with Crippen molar-refractivity contribution in [2.75, 3.05) is 0 Å². The molecule has 1 heterocycles. The molecule has 1 aliphatic heterocycles. The van der Waals surface area contributed by atoms with E-state index in [4.69, 9.17) is 0 Å². The second-order valence-corrected chi connectivity index (χ2v) is 6.89. The molecule has 1 fully saturated rings. The molecule has 1 saturated heterocycles. The number of carbonyl (C=O) groups is 1. The molecule has 124 valence electrons. The topological polar surface area (TPSA) is 40.5 Å². The Morgan fingerprint density at radius 1 is 1.36 bits per heavy atom. The first-order valence-corrected chi connectivity index (χ1v) is 8.96. The minimum absolute atomic E-state index is 0.0475. The number of fused-ring (bicyclic) bond motifs is 2. The highest BCUT2D eigenvalue weighted by atomic mass is 16.3. The van der Waals surface area contributed by atoms with Gasteiger partial charge in [-0.15, -0.1) is 0 Å². The van der Waals surface area contributed by atoms with Gasteiger partial charge in [-0.1, -0.05) is 51.3 Å². The molecule has 3 heteroatoms. The molecular weight excluding hydrogens is 274 g/mol. The molecule has 0 saturated carbocycles. The third-order valence-electron chi connectivity index (χ3n) is 5.21. The monoisotopic (exact) mass is 305 g/mol. The Morgan fingerprint density at radius 2 is 2.14 bits per heavy atom. The van der Waals surface area contributed by atoms with E-state index in [0.717, 1.165) is 50.5 Å². The van der Waals surface area contributed by atoms with E-state index in [-0.39, 0.29) is 17.9 Å². The van der Waals surface area contributed by atoms with Crippen LogP contribution < -0.4 is 0 Å². The van der Waals surface area contributed by atoms with Crippen molar-refractivity contribution in [3.05, 3.63) is 23.8 Å². The number of allylic oxidation sites excluding steroid dienone is 3. The van der Waals surface area contributed by atoms with Crippen LogP contribution in [0.5, 0.6) is 0 Å². The minimum atomic E-state index is -0.637. The molecule has 0 aromatic carbocycles. The fraction of sp³-hybridized carbons (Fsp3) is 0.737. The van der Waals surface area contributed by atoms with Crippen LogP contribution in [0.3, 0.4) is 0 Å². The summed E-state index contributed by atoms with van der Waals surface area (Å²) in [6.45, 7) is 6.41. The Kier molecular flexibility index (Phi) is 6.25. The van der Waals surface area contributed by atoms with Crippen molar-refractivity contribution in [3.8, 4) is 0 Å². The summed E-state index contributed by atoms with van der Waals surface area (Å²) in [5.41, 5.74) is 0.875. The molecule has 1 amide bonds. The van der Waals surface area contributed by atoms with Crippen molar-refractivity contribution in [3.63, 3.8) is 0 Å². The fourth-order valence-electron chi connectivity index (χ4n) is 3.91. The normalized spacial score (nSPS) is 29.8. The van der Waals surface area contributed by atoms with E-state index in [1.807, 2.05) is 12.2 Å². The number of aliphatic hydroxyl groups is 1. The molecule has 0 aromatic rings. The van der Waals surface area contributed by atoms with Gasteiger partial charge in [0.15, 0.2) is 0 Å². The molecular formula is C19H31NO2. The van der Waals surface area contributed by atoms with Gasteiger partial charge in [0, 0.05) is 17.5 Å². The van der Waals surface area contributed by atoms with Crippen LogP contribution >= 0.6 is 0 Å². The first kappa shape index (κ1) is 17.3. The molecule has 4 atom stereocenters. The highest BCUT2D eigenvalue weighted by Gasteiger charge is 2.41. The summed E-state index contributed by atoms with van der Waals surface area (Å²) < 4.78 is 0. The van der Waals surface area contributed by atoms with E-state index < -0.39 is 6.23 Å². The first-order chi connectivity index (χ1) is 10.6. The van der Waals surface area contributed by atoms with Crippen LogP contribution in [-0.4, -0.2) is 28.2 Å². The maximum absolute atomic E-state index is 12.9. The highest BCUT2D eigenvalue weighted by molar-refractivity contribution is 5.94. The van der Waals surface area contributed by atoms with E-state index in [0.29, 0.717) is 5.92 Å². The van der Waals surface area contributed by atoms with Gasteiger partial charge in [-0.3, -0.25) is 4.79 Å². The lowest BCUT2D eigenvalue weighted by atomic mass is 9.82. The van der Waals surface area contributed by atoms with Gasteiger partial charge in [0.25, 0.3) is 5.91 Å². The van der Waals surface area contributed by atoms with Gasteiger partial charge in [-0.2, -0.15) is 0 Å². The van der Waals surface area contributed by atoms with Gasteiger partial charge in [0.1, 0.15) is 6.23 Å². The van der Waals surface area contributed by atoms with Crippen molar-refractivity contribution in [1.29, 1.82) is 0 Å². The van der Waals surface area contributed by atoms with Gasteiger partial charge < -0.3 is 10.0 Å². The largest absolute Gasteiger partial charge is 0.373 e. The summed E-state index contributed by atoms with van der Waals surface area (Å²) in [6.07, 6.45) is 12.5. The zero-order chi connectivity index (χ0) is 16.1. The Hall–Kier alpha value is -1.09. The van der Waals surface area contributed by atoms with Crippen LogP contribution in [0.25, 0.3) is 0 Å². The van der Waals surface area contributed by atoms with E-state index >= 15 is 0 Å². The number of carbonyl (C=O) groups excluding carboxylic acids is 1. The number of rotatable bonds is 6. The second kappa shape index (κ2) is 7.96. The van der Waals surface area contributed by atoms with Crippen LogP contribution in [0, 0.1) is 11.8 Å². The molecule has 2 aliphatic rings. The van der Waals surface area contributed by atoms with Crippen LogP contribution in [0.15, 0.2) is 23.8 Å². The van der Waals surface area contributed by atoms with Crippen molar-refractivity contribution >= 4 is 5.91 Å². The SMILES string of the molecule is CCCCC(C)N1C(=O)C2=CC=CCC(C2)C(CCC)C1O. The second-order valence-electron chi connectivity index (χ2n) is 6.89. The number of hydrogen-bond acceptors (Lipinski definition) is 2. The number of nitrogens with zero attached hydrogens (tertiary/aromatic N) is 1. The van der Waals surface area contributed by atoms with Crippen LogP contribution in [0.2, 0.25) is 0 Å². The highest BCUT2D eigenvalue weighted by Crippen LogP contribution is 2.38. The summed E-state index contributed by atoms with van der Waals surface area (Å²) in [4.78, 5) is 14.7. The third-order valence-corrected chi connectivity index (χ3v) is 5.21. The Balaban J connectivity index is 2.31. The van der Waals surface area contributed by atoms with E-state index in [9.17, 15) is 9.90 Å². The summed E-state index contributed by atoms with van der Waals surface area (Å²) >= 11 is 0. The zero-order valence-electron chi connectivity index (χ0n) is 14.3. The maximum atomic E-state index is 12.9. The van der Waals surface area contributed by atoms with E-state index in [1.165, 1.54) is 0 Å². The van der Waals surface area contributed by atoms with Gasteiger partial charge >= 0.3 is 0 Å². The van der Waals surface area contributed by atoms with Gasteiger partial charge in [-0.25, -0.2) is 0 Å².